The third-order valence-corrected chi connectivity index (χ3v) is 2.14. The van der Waals surface area contributed by atoms with Crippen molar-refractivity contribution in [2.75, 3.05) is 26.8 Å². The van der Waals surface area contributed by atoms with E-state index in [4.69, 9.17) is 5.73 Å². The topological polar surface area (TPSA) is 72.6 Å². The van der Waals surface area contributed by atoms with Crippen molar-refractivity contribution in [2.45, 2.75) is 12.5 Å². The van der Waals surface area contributed by atoms with Crippen LogP contribution < -0.4 is 5.73 Å². The first kappa shape index (κ1) is 10.1. The highest BCUT2D eigenvalue weighted by atomic mass is 16.5. The Morgan fingerprint density at radius 2 is 2.31 bits per heavy atom. The van der Waals surface area contributed by atoms with Gasteiger partial charge >= 0.3 is 0 Å². The minimum Gasteiger partial charge on any atom is -0.377 e. The lowest BCUT2D eigenvalue weighted by Crippen LogP contribution is -2.56. The number of rotatable bonds is 5. The van der Waals surface area contributed by atoms with Crippen molar-refractivity contribution in [3.05, 3.63) is 0 Å². The Morgan fingerprint density at radius 3 is 2.69 bits per heavy atom. The number of amides is 1. The van der Waals surface area contributed by atoms with Gasteiger partial charge in [-0.3, -0.25) is 14.5 Å². The van der Waals surface area contributed by atoms with Gasteiger partial charge in [0.2, 0.25) is 5.91 Å². The summed E-state index contributed by atoms with van der Waals surface area (Å²) >= 11 is 0. The van der Waals surface area contributed by atoms with Crippen molar-refractivity contribution < 1.29 is 14.3 Å². The van der Waals surface area contributed by atoms with E-state index in [9.17, 15) is 9.59 Å². The third kappa shape index (κ3) is 2.50. The number of nitrogens with zero attached hydrogens (tertiary/aromatic N) is 1. The van der Waals surface area contributed by atoms with E-state index in [1.165, 1.54) is 7.11 Å². The lowest BCUT2D eigenvalue weighted by molar-refractivity contribution is -0.132. The molecule has 1 fully saturated rings. The van der Waals surface area contributed by atoms with E-state index in [-0.39, 0.29) is 30.9 Å². The first-order chi connectivity index (χ1) is 6.15. The van der Waals surface area contributed by atoms with Crippen molar-refractivity contribution >= 4 is 11.7 Å². The molecule has 1 saturated heterocycles. The monoisotopic (exact) mass is 186 g/mol. The maximum atomic E-state index is 11.1. The lowest BCUT2D eigenvalue weighted by Gasteiger charge is -2.37. The molecule has 0 aromatic carbocycles. The van der Waals surface area contributed by atoms with Gasteiger partial charge in [0, 0.05) is 13.7 Å². The molecule has 0 spiro atoms. The highest BCUT2D eigenvalue weighted by Gasteiger charge is 2.33. The fraction of sp³-hybridized carbons (Fsp3) is 0.750. The van der Waals surface area contributed by atoms with Gasteiger partial charge in [-0.15, -0.1) is 0 Å². The van der Waals surface area contributed by atoms with Crippen molar-refractivity contribution in [3.8, 4) is 0 Å². The molecular weight excluding hydrogens is 172 g/mol. The smallest absolute Gasteiger partial charge is 0.234 e. The molecule has 0 aromatic heterocycles. The Labute approximate surface area is 76.8 Å². The average molecular weight is 186 g/mol. The largest absolute Gasteiger partial charge is 0.377 e. The van der Waals surface area contributed by atoms with Crippen molar-refractivity contribution in [1.82, 2.24) is 4.90 Å². The molecule has 5 heteroatoms. The molecule has 1 unspecified atom stereocenters. The van der Waals surface area contributed by atoms with Crippen LogP contribution in [0.2, 0.25) is 0 Å². The van der Waals surface area contributed by atoms with Crippen molar-refractivity contribution in [2.24, 2.45) is 5.73 Å². The fourth-order valence-electron chi connectivity index (χ4n) is 1.39. The molecule has 0 radical (unpaired) electrons. The van der Waals surface area contributed by atoms with Crippen molar-refractivity contribution in [3.63, 3.8) is 0 Å². The van der Waals surface area contributed by atoms with E-state index in [2.05, 4.69) is 4.74 Å². The molecule has 13 heavy (non-hydrogen) atoms. The van der Waals surface area contributed by atoms with E-state index in [0.717, 1.165) is 13.0 Å². The second-order valence-corrected chi connectivity index (χ2v) is 3.15. The van der Waals surface area contributed by atoms with Crippen LogP contribution >= 0.6 is 0 Å². The number of carbonyl (C=O) groups is 2. The van der Waals surface area contributed by atoms with Crippen LogP contribution in [-0.2, 0) is 14.3 Å². The van der Waals surface area contributed by atoms with Gasteiger partial charge in [-0.2, -0.15) is 0 Å². The van der Waals surface area contributed by atoms with Crippen LogP contribution in [0.15, 0.2) is 0 Å². The molecule has 74 valence electrons. The summed E-state index contributed by atoms with van der Waals surface area (Å²) in [6.07, 6.45) is 0.760. The van der Waals surface area contributed by atoms with Gasteiger partial charge in [0.05, 0.1) is 12.6 Å². The van der Waals surface area contributed by atoms with E-state index in [1.54, 1.807) is 4.90 Å². The highest BCUT2D eigenvalue weighted by molar-refractivity contribution is 5.84. The molecule has 1 aliphatic rings. The summed E-state index contributed by atoms with van der Waals surface area (Å²) in [6.45, 7) is 1.13. The zero-order valence-corrected chi connectivity index (χ0v) is 7.66. The number of ether oxygens (including phenoxy) is 1. The standard InChI is InChI=1S/C8H14N2O3/c1-13-5-6(11)4-10-3-2-7(10)8(9)12/h7H,2-5H2,1H3,(H2,9,12). The summed E-state index contributed by atoms with van der Waals surface area (Å²) in [7, 11) is 1.47. The number of primary amides is 1. The Kier molecular flexibility index (Phi) is 3.39. The van der Waals surface area contributed by atoms with Crippen LogP contribution in [0.5, 0.6) is 0 Å². The number of ketones is 1. The lowest BCUT2D eigenvalue weighted by atomic mass is 10.0. The summed E-state index contributed by atoms with van der Waals surface area (Å²) in [5.41, 5.74) is 5.11. The van der Waals surface area contributed by atoms with Crippen LogP contribution in [0.4, 0.5) is 0 Å². The van der Waals surface area contributed by atoms with Crippen LogP contribution in [0.25, 0.3) is 0 Å². The first-order valence-electron chi connectivity index (χ1n) is 4.19. The first-order valence-corrected chi connectivity index (χ1v) is 4.19. The van der Waals surface area contributed by atoms with Gasteiger partial charge < -0.3 is 10.5 Å². The Bertz CT molecular complexity index is 217. The maximum absolute atomic E-state index is 11.1. The van der Waals surface area contributed by atoms with Crippen LogP contribution in [-0.4, -0.2) is 49.4 Å². The molecule has 2 N–H and O–H groups in total. The Balaban J connectivity index is 2.30. The van der Waals surface area contributed by atoms with Gasteiger partial charge in [0.25, 0.3) is 0 Å². The minimum atomic E-state index is -0.350. The second kappa shape index (κ2) is 4.34. The predicted octanol–water partition coefficient (Wildman–Crippen LogP) is -1.24. The van der Waals surface area contributed by atoms with E-state index in [1.807, 2.05) is 0 Å². The number of hydrogen-bond acceptors (Lipinski definition) is 4. The SMILES string of the molecule is COCC(=O)CN1CCC1C(N)=O. The minimum absolute atomic E-state index is 0.0200. The van der Waals surface area contributed by atoms with Crippen LogP contribution in [0.1, 0.15) is 6.42 Å². The predicted molar refractivity (Wildman–Crippen MR) is 46.1 cm³/mol. The molecule has 0 saturated carbocycles. The highest BCUT2D eigenvalue weighted by Crippen LogP contribution is 2.15. The number of nitrogens with two attached hydrogens (primary N) is 1. The molecule has 1 rings (SSSR count). The quantitative estimate of drug-likeness (QED) is 0.583. The molecule has 5 nitrogen and oxygen atoms in total. The van der Waals surface area contributed by atoms with Gasteiger partial charge in [0.15, 0.2) is 5.78 Å². The second-order valence-electron chi connectivity index (χ2n) is 3.15. The summed E-state index contributed by atoms with van der Waals surface area (Å²) < 4.78 is 4.68. The summed E-state index contributed by atoms with van der Waals surface area (Å²) in [5.74, 6) is -0.370. The molecule has 0 aromatic rings. The Morgan fingerprint density at radius 1 is 1.62 bits per heavy atom. The molecule has 1 atom stereocenters. The van der Waals surface area contributed by atoms with E-state index in [0.29, 0.717) is 0 Å². The number of hydrogen-bond donors (Lipinski definition) is 1. The molecule has 1 aliphatic heterocycles. The average Bonchev–Trinajstić information content (AvgIpc) is 1.97. The zero-order chi connectivity index (χ0) is 9.84. The molecule has 1 heterocycles. The van der Waals surface area contributed by atoms with Gasteiger partial charge in [-0.1, -0.05) is 0 Å². The summed E-state index contributed by atoms with van der Waals surface area (Å²) in [6, 6.07) is -0.249. The number of methoxy groups -OCH3 is 1. The Hall–Kier alpha value is -0.940. The molecular formula is C8H14N2O3. The van der Waals surface area contributed by atoms with Gasteiger partial charge in [0.1, 0.15) is 6.61 Å². The normalized spacial score (nSPS) is 22.4. The van der Waals surface area contributed by atoms with Crippen molar-refractivity contribution in [1.29, 1.82) is 0 Å². The molecule has 0 bridgehead atoms. The zero-order valence-electron chi connectivity index (χ0n) is 7.66. The van der Waals surface area contributed by atoms with E-state index < -0.39 is 0 Å². The summed E-state index contributed by atoms with van der Waals surface area (Å²) in [4.78, 5) is 23.6. The fourth-order valence-corrected chi connectivity index (χ4v) is 1.39. The molecule has 0 aliphatic carbocycles. The molecule has 1 amide bonds. The number of Topliss-reactive ketones (excluding diaryl/α,β-unsaturated/α-hetero) is 1. The van der Waals surface area contributed by atoms with E-state index >= 15 is 0 Å². The third-order valence-electron chi connectivity index (χ3n) is 2.14. The van der Waals surface area contributed by atoms with Gasteiger partial charge in [-0.25, -0.2) is 0 Å². The number of carbonyl (C=O) groups excluding carboxylic acids is 2. The van der Waals surface area contributed by atoms with Crippen LogP contribution in [0, 0.1) is 0 Å². The van der Waals surface area contributed by atoms with Gasteiger partial charge in [-0.05, 0) is 6.42 Å². The van der Waals surface area contributed by atoms with Crippen LogP contribution in [0.3, 0.4) is 0 Å². The maximum Gasteiger partial charge on any atom is 0.234 e. The summed E-state index contributed by atoms with van der Waals surface area (Å²) in [5, 5.41) is 0. The number of likely N-dealkylation sites (tertiary alicyclic amines) is 1.